The van der Waals surface area contributed by atoms with Gasteiger partial charge < -0.3 is 24.7 Å². The number of aliphatic hydroxyl groups excluding tert-OH is 1. The molecule has 2 heterocycles. The van der Waals surface area contributed by atoms with Crippen LogP contribution in [0.1, 0.15) is 34.7 Å². The Balaban J connectivity index is 0.00000320. The van der Waals surface area contributed by atoms with Crippen molar-refractivity contribution < 1.29 is 29.4 Å². The molecule has 1 aromatic heterocycles. The lowest BCUT2D eigenvalue weighted by Crippen LogP contribution is -2.43. The number of nitro groups is 1. The van der Waals surface area contributed by atoms with Crippen LogP contribution < -0.4 is 0 Å². The Morgan fingerprint density at radius 3 is 2.53 bits per heavy atom. The van der Waals surface area contributed by atoms with Crippen LogP contribution in [0.3, 0.4) is 0 Å². The summed E-state index contributed by atoms with van der Waals surface area (Å²) in [4.78, 5) is 27.4. The highest BCUT2D eigenvalue weighted by Crippen LogP contribution is 2.30. The van der Waals surface area contributed by atoms with Gasteiger partial charge in [0, 0.05) is 37.0 Å². The first-order valence-electron chi connectivity index (χ1n) is 9.19. The van der Waals surface area contributed by atoms with Crippen LogP contribution in [0.25, 0.3) is 0 Å². The summed E-state index contributed by atoms with van der Waals surface area (Å²) in [7, 11) is 0. The molecule has 0 spiro atoms. The average molecular weight is 439 g/mol. The molecule has 30 heavy (non-hydrogen) atoms. The number of carbonyl (C=O) groups is 1. The summed E-state index contributed by atoms with van der Waals surface area (Å²) < 4.78 is 10.5. The number of nitro benzene ring substituents is 1. The molecule has 11 heteroatoms. The Morgan fingerprint density at radius 2 is 1.97 bits per heavy atom. The minimum absolute atomic E-state index is 0. The number of aromatic amines is 1. The van der Waals surface area contributed by atoms with Crippen molar-refractivity contribution in [1.82, 2.24) is 9.88 Å². The van der Waals surface area contributed by atoms with E-state index in [4.69, 9.17) is 9.47 Å². The standard InChI is InChI=1S/C19H23N3O7.H2S/c1-12(23)18(21-6-8-28-9-7-21)15-10-16(24)17(20-15)19(25)29-11-13-2-4-14(5-3-13)22(26)27;/h2-5,10,12,18,20,23-24H,6-9,11H2,1H3;1H2/t12-,18-;/m1./s1. The Labute approximate surface area is 180 Å². The molecule has 10 nitrogen and oxygen atoms in total. The number of benzene rings is 1. The molecule has 1 aliphatic heterocycles. The molecule has 1 aliphatic rings. The van der Waals surface area contributed by atoms with Crippen molar-refractivity contribution in [2.45, 2.75) is 25.7 Å². The van der Waals surface area contributed by atoms with Crippen molar-refractivity contribution in [2.75, 3.05) is 26.3 Å². The quantitative estimate of drug-likeness (QED) is 0.338. The van der Waals surface area contributed by atoms with Gasteiger partial charge in [0.15, 0.2) is 5.69 Å². The normalized spacial score (nSPS) is 16.3. The van der Waals surface area contributed by atoms with Crippen molar-refractivity contribution in [3.05, 3.63) is 57.4 Å². The van der Waals surface area contributed by atoms with Gasteiger partial charge in [-0.15, -0.1) is 0 Å². The number of ether oxygens (including phenoxy) is 2. The van der Waals surface area contributed by atoms with E-state index in [9.17, 15) is 25.1 Å². The van der Waals surface area contributed by atoms with E-state index in [0.717, 1.165) is 0 Å². The summed E-state index contributed by atoms with van der Waals surface area (Å²) >= 11 is 0. The third-order valence-corrected chi connectivity index (χ3v) is 4.75. The van der Waals surface area contributed by atoms with Crippen LogP contribution in [0.15, 0.2) is 30.3 Å². The first-order valence-corrected chi connectivity index (χ1v) is 9.19. The number of nitrogens with one attached hydrogen (secondary N) is 1. The fraction of sp³-hybridized carbons (Fsp3) is 0.421. The fourth-order valence-corrected chi connectivity index (χ4v) is 3.33. The largest absolute Gasteiger partial charge is 0.505 e. The van der Waals surface area contributed by atoms with Crippen LogP contribution in [0.4, 0.5) is 5.69 Å². The zero-order valence-electron chi connectivity index (χ0n) is 16.4. The van der Waals surface area contributed by atoms with Crippen LogP contribution in [0.2, 0.25) is 0 Å². The highest BCUT2D eigenvalue weighted by Gasteiger charge is 2.30. The molecule has 1 aromatic carbocycles. The predicted octanol–water partition coefficient (Wildman–Crippen LogP) is 1.85. The number of aromatic hydroxyl groups is 1. The summed E-state index contributed by atoms with van der Waals surface area (Å²) in [6.07, 6.45) is -0.741. The van der Waals surface area contributed by atoms with E-state index < -0.39 is 23.0 Å². The molecular formula is C19H25N3O7S. The van der Waals surface area contributed by atoms with Crippen LogP contribution in [-0.2, 0) is 16.1 Å². The summed E-state index contributed by atoms with van der Waals surface area (Å²) in [6, 6.07) is 6.61. The number of morpholine rings is 1. The lowest BCUT2D eigenvalue weighted by atomic mass is 10.1. The number of aromatic nitrogens is 1. The van der Waals surface area contributed by atoms with Gasteiger partial charge in [0.2, 0.25) is 0 Å². The van der Waals surface area contributed by atoms with E-state index in [0.29, 0.717) is 37.6 Å². The average Bonchev–Trinajstić information content (AvgIpc) is 3.08. The van der Waals surface area contributed by atoms with Crippen molar-refractivity contribution in [3.63, 3.8) is 0 Å². The number of hydrogen-bond acceptors (Lipinski definition) is 8. The van der Waals surface area contributed by atoms with Gasteiger partial charge in [-0.2, -0.15) is 13.5 Å². The zero-order valence-corrected chi connectivity index (χ0v) is 17.4. The van der Waals surface area contributed by atoms with Gasteiger partial charge in [0.1, 0.15) is 12.4 Å². The van der Waals surface area contributed by atoms with Gasteiger partial charge in [-0.1, -0.05) is 0 Å². The molecule has 0 bridgehead atoms. The lowest BCUT2D eigenvalue weighted by Gasteiger charge is -2.35. The number of nitrogens with zero attached hydrogens (tertiary/aromatic N) is 2. The van der Waals surface area contributed by atoms with E-state index in [2.05, 4.69) is 4.98 Å². The molecule has 3 N–H and O–H groups in total. The Hall–Kier alpha value is -2.60. The summed E-state index contributed by atoms with van der Waals surface area (Å²) in [5, 5.41) is 31.1. The first kappa shape index (κ1) is 23.7. The molecule has 0 amide bonds. The Bertz CT molecular complexity index is 864. The SMILES string of the molecule is C[C@@H](O)[C@H](c1cc(O)c(C(=O)OCc2ccc([N+](=O)[O-])cc2)[nH]1)N1CCOCC1.S. The summed E-state index contributed by atoms with van der Waals surface area (Å²) in [5.74, 6) is -1.04. The van der Waals surface area contributed by atoms with Crippen molar-refractivity contribution >= 4 is 25.2 Å². The predicted molar refractivity (Wildman–Crippen MR) is 112 cm³/mol. The van der Waals surface area contributed by atoms with E-state index in [1.54, 1.807) is 6.92 Å². The van der Waals surface area contributed by atoms with Crippen molar-refractivity contribution in [3.8, 4) is 5.75 Å². The molecule has 2 aromatic rings. The number of non-ortho nitro benzene ring substituents is 1. The second-order valence-electron chi connectivity index (χ2n) is 6.82. The molecule has 164 valence electrons. The first-order chi connectivity index (χ1) is 13.9. The maximum atomic E-state index is 12.4. The topological polar surface area (TPSA) is 138 Å². The molecule has 1 fully saturated rings. The zero-order chi connectivity index (χ0) is 21.0. The smallest absolute Gasteiger partial charge is 0.358 e. The molecule has 0 aliphatic carbocycles. The Kier molecular flexibility index (Phi) is 8.24. The van der Waals surface area contributed by atoms with Gasteiger partial charge in [-0.25, -0.2) is 4.79 Å². The number of hydrogen-bond donors (Lipinski definition) is 3. The van der Waals surface area contributed by atoms with Crippen LogP contribution in [0, 0.1) is 10.1 Å². The second-order valence-corrected chi connectivity index (χ2v) is 6.82. The van der Waals surface area contributed by atoms with Crippen LogP contribution >= 0.6 is 13.5 Å². The summed E-state index contributed by atoms with van der Waals surface area (Å²) in [6.45, 7) is 3.86. The molecule has 0 radical (unpaired) electrons. The van der Waals surface area contributed by atoms with Crippen molar-refractivity contribution in [1.29, 1.82) is 0 Å². The number of H-pyrrole nitrogens is 1. The van der Waals surface area contributed by atoms with E-state index >= 15 is 0 Å². The third-order valence-electron chi connectivity index (χ3n) is 4.75. The third kappa shape index (κ3) is 5.51. The van der Waals surface area contributed by atoms with Gasteiger partial charge >= 0.3 is 5.97 Å². The van der Waals surface area contributed by atoms with Gasteiger partial charge in [-0.3, -0.25) is 15.0 Å². The van der Waals surface area contributed by atoms with E-state index in [1.807, 2.05) is 4.90 Å². The Morgan fingerprint density at radius 1 is 1.33 bits per heavy atom. The molecule has 0 saturated carbocycles. The van der Waals surface area contributed by atoms with Crippen LogP contribution in [-0.4, -0.2) is 63.4 Å². The maximum absolute atomic E-state index is 12.4. The second kappa shape index (κ2) is 10.4. The molecule has 0 unspecified atom stereocenters. The van der Waals surface area contributed by atoms with Gasteiger partial charge in [0.25, 0.3) is 5.69 Å². The fourth-order valence-electron chi connectivity index (χ4n) is 3.33. The monoisotopic (exact) mass is 439 g/mol. The van der Waals surface area contributed by atoms with Crippen LogP contribution in [0.5, 0.6) is 5.75 Å². The number of aliphatic hydroxyl groups is 1. The number of rotatable bonds is 7. The number of esters is 1. The van der Waals surface area contributed by atoms with E-state index in [1.165, 1.54) is 30.3 Å². The highest BCUT2D eigenvalue weighted by molar-refractivity contribution is 7.59. The highest BCUT2D eigenvalue weighted by atomic mass is 32.1. The molecular weight excluding hydrogens is 414 g/mol. The lowest BCUT2D eigenvalue weighted by molar-refractivity contribution is -0.384. The summed E-state index contributed by atoms with van der Waals surface area (Å²) in [5.41, 5.74) is 0.909. The maximum Gasteiger partial charge on any atom is 0.358 e. The molecule has 2 atom stereocenters. The van der Waals surface area contributed by atoms with E-state index in [-0.39, 0.29) is 37.2 Å². The van der Waals surface area contributed by atoms with Gasteiger partial charge in [0.05, 0.1) is 30.3 Å². The van der Waals surface area contributed by atoms with Gasteiger partial charge in [-0.05, 0) is 24.6 Å². The van der Waals surface area contributed by atoms with Crippen molar-refractivity contribution in [2.24, 2.45) is 0 Å². The molecule has 3 rings (SSSR count). The minimum atomic E-state index is -0.765. The molecule has 1 saturated heterocycles. The number of carbonyl (C=O) groups excluding carboxylic acids is 1. The minimum Gasteiger partial charge on any atom is -0.505 e.